The first-order chi connectivity index (χ1) is 12.4. The predicted molar refractivity (Wildman–Crippen MR) is 91.4 cm³/mol. The van der Waals surface area contributed by atoms with Gasteiger partial charge in [0.1, 0.15) is 6.61 Å². The highest BCUT2D eigenvalue weighted by Crippen LogP contribution is 2.41. The zero-order chi connectivity index (χ0) is 18.7. The number of halogens is 1. The summed E-state index contributed by atoms with van der Waals surface area (Å²) in [5, 5.41) is 8.75. The third-order valence-corrected chi connectivity index (χ3v) is 4.42. The van der Waals surface area contributed by atoms with Crippen LogP contribution in [0.4, 0.5) is 5.69 Å². The van der Waals surface area contributed by atoms with E-state index in [1.807, 2.05) is 6.07 Å². The second-order valence-electron chi connectivity index (χ2n) is 5.82. The van der Waals surface area contributed by atoms with Crippen molar-refractivity contribution in [3.8, 4) is 0 Å². The van der Waals surface area contributed by atoms with E-state index in [0.717, 1.165) is 0 Å². The normalized spacial score (nSPS) is 21.9. The number of non-ortho nitro benzene ring substituents is 1. The van der Waals surface area contributed by atoms with Gasteiger partial charge in [-0.05, 0) is 23.3 Å². The number of alkyl halides is 1. The van der Waals surface area contributed by atoms with E-state index in [-0.39, 0.29) is 18.7 Å². The summed E-state index contributed by atoms with van der Waals surface area (Å²) in [7, 11) is 0. The standard InChI is InChI=1S/C18H14ClNO6/c19-18(10-15(16(21)26-18)13-4-2-1-3-5-13)17(22)25-11-12-6-8-14(9-7-12)20(23)24/h1-9,15H,10-11H2. The predicted octanol–water partition coefficient (Wildman–Crippen LogP) is 3.30. The minimum atomic E-state index is -1.88. The Hall–Kier alpha value is -2.93. The number of carbonyl (C=O) groups is 2. The number of nitro groups is 1. The lowest BCUT2D eigenvalue weighted by atomic mass is 9.95. The van der Waals surface area contributed by atoms with E-state index < -0.39 is 27.8 Å². The molecule has 26 heavy (non-hydrogen) atoms. The second-order valence-corrected chi connectivity index (χ2v) is 6.43. The van der Waals surface area contributed by atoms with Crippen LogP contribution in [0.1, 0.15) is 23.5 Å². The van der Waals surface area contributed by atoms with Gasteiger partial charge in [-0.3, -0.25) is 14.9 Å². The lowest BCUT2D eigenvalue weighted by molar-refractivity contribution is -0.384. The zero-order valence-corrected chi connectivity index (χ0v) is 14.2. The van der Waals surface area contributed by atoms with Crippen LogP contribution in [-0.4, -0.2) is 21.9 Å². The van der Waals surface area contributed by atoms with Crippen LogP contribution in [0, 0.1) is 10.1 Å². The van der Waals surface area contributed by atoms with Crippen LogP contribution in [0.2, 0.25) is 0 Å². The molecule has 0 saturated carbocycles. The summed E-state index contributed by atoms with van der Waals surface area (Å²) < 4.78 is 10.2. The van der Waals surface area contributed by atoms with Crippen LogP contribution in [0.5, 0.6) is 0 Å². The highest BCUT2D eigenvalue weighted by Gasteiger charge is 2.52. The molecule has 0 N–H and O–H groups in total. The van der Waals surface area contributed by atoms with Gasteiger partial charge in [-0.2, -0.15) is 0 Å². The van der Waals surface area contributed by atoms with Gasteiger partial charge >= 0.3 is 11.9 Å². The van der Waals surface area contributed by atoms with Gasteiger partial charge in [0.2, 0.25) is 0 Å². The summed E-state index contributed by atoms with van der Waals surface area (Å²) in [5.41, 5.74) is 1.20. The van der Waals surface area contributed by atoms with Crippen molar-refractivity contribution in [2.45, 2.75) is 24.0 Å². The molecule has 1 aliphatic heterocycles. The minimum absolute atomic E-state index is 0.0313. The quantitative estimate of drug-likeness (QED) is 0.344. The molecule has 1 fully saturated rings. The molecular formula is C18H14ClNO6. The Morgan fingerprint density at radius 1 is 1.23 bits per heavy atom. The molecule has 0 aromatic heterocycles. The van der Waals surface area contributed by atoms with Crippen molar-refractivity contribution in [3.05, 3.63) is 75.8 Å². The van der Waals surface area contributed by atoms with Crippen molar-refractivity contribution in [2.24, 2.45) is 0 Å². The van der Waals surface area contributed by atoms with Gasteiger partial charge in [0.05, 0.1) is 10.8 Å². The van der Waals surface area contributed by atoms with Crippen molar-refractivity contribution in [1.29, 1.82) is 0 Å². The molecule has 2 aromatic carbocycles. The van der Waals surface area contributed by atoms with Gasteiger partial charge in [0.15, 0.2) is 0 Å². The van der Waals surface area contributed by atoms with Crippen molar-refractivity contribution in [2.75, 3.05) is 0 Å². The molecule has 2 aromatic rings. The number of benzene rings is 2. The van der Waals surface area contributed by atoms with Crippen LogP contribution >= 0.6 is 11.6 Å². The Bertz CT molecular complexity index is 839. The largest absolute Gasteiger partial charge is 0.457 e. The third kappa shape index (κ3) is 3.67. The van der Waals surface area contributed by atoms with E-state index >= 15 is 0 Å². The fourth-order valence-electron chi connectivity index (χ4n) is 2.65. The van der Waals surface area contributed by atoms with Gasteiger partial charge in [-0.25, -0.2) is 4.79 Å². The fraction of sp³-hybridized carbons (Fsp3) is 0.222. The summed E-state index contributed by atoms with van der Waals surface area (Å²) >= 11 is 6.19. The molecule has 2 atom stereocenters. The molecule has 0 bridgehead atoms. The fourth-order valence-corrected chi connectivity index (χ4v) is 2.94. The number of ether oxygens (including phenoxy) is 2. The molecule has 1 heterocycles. The maximum atomic E-state index is 12.3. The number of nitrogens with zero attached hydrogens (tertiary/aromatic N) is 1. The maximum absolute atomic E-state index is 12.3. The number of carbonyl (C=O) groups excluding carboxylic acids is 2. The molecule has 7 nitrogen and oxygen atoms in total. The van der Waals surface area contributed by atoms with Crippen LogP contribution < -0.4 is 0 Å². The van der Waals surface area contributed by atoms with E-state index in [1.54, 1.807) is 24.3 Å². The van der Waals surface area contributed by atoms with Crippen LogP contribution in [0.15, 0.2) is 54.6 Å². The van der Waals surface area contributed by atoms with Crippen LogP contribution in [-0.2, 0) is 25.7 Å². The topological polar surface area (TPSA) is 95.7 Å². The summed E-state index contributed by atoms with van der Waals surface area (Å²) in [5.74, 6) is -2.09. The van der Waals surface area contributed by atoms with Crippen LogP contribution in [0.3, 0.4) is 0 Å². The second kappa shape index (κ2) is 7.13. The monoisotopic (exact) mass is 375 g/mol. The lowest BCUT2D eigenvalue weighted by Crippen LogP contribution is -2.33. The molecule has 2 unspecified atom stereocenters. The lowest BCUT2D eigenvalue weighted by Gasteiger charge is -2.17. The Morgan fingerprint density at radius 3 is 2.50 bits per heavy atom. The molecule has 0 aliphatic carbocycles. The number of cyclic esters (lactones) is 1. The van der Waals surface area contributed by atoms with E-state index in [0.29, 0.717) is 11.1 Å². The van der Waals surface area contributed by atoms with Gasteiger partial charge in [-0.1, -0.05) is 41.9 Å². The van der Waals surface area contributed by atoms with Crippen LogP contribution in [0.25, 0.3) is 0 Å². The number of hydrogen-bond donors (Lipinski definition) is 0. The molecular weight excluding hydrogens is 362 g/mol. The smallest absolute Gasteiger partial charge is 0.367 e. The Balaban J connectivity index is 1.64. The summed E-state index contributed by atoms with van der Waals surface area (Å²) in [4.78, 5) is 34.5. The molecule has 134 valence electrons. The molecule has 1 saturated heterocycles. The summed E-state index contributed by atoms with van der Waals surface area (Å²) in [6.45, 7) is -0.140. The molecule has 0 spiro atoms. The molecule has 1 aliphatic rings. The van der Waals surface area contributed by atoms with E-state index in [2.05, 4.69) is 0 Å². The van der Waals surface area contributed by atoms with Gasteiger partial charge in [-0.15, -0.1) is 0 Å². The molecule has 8 heteroatoms. The van der Waals surface area contributed by atoms with Gasteiger partial charge < -0.3 is 9.47 Å². The first-order valence-electron chi connectivity index (χ1n) is 7.76. The summed E-state index contributed by atoms with van der Waals surface area (Å²) in [6.07, 6.45) is -0.0313. The first-order valence-corrected chi connectivity index (χ1v) is 8.14. The first kappa shape index (κ1) is 17.9. The Morgan fingerprint density at radius 2 is 1.88 bits per heavy atom. The summed E-state index contributed by atoms with van der Waals surface area (Å²) in [6, 6.07) is 14.5. The zero-order valence-electron chi connectivity index (χ0n) is 13.5. The van der Waals surface area contributed by atoms with E-state index in [4.69, 9.17) is 21.1 Å². The highest BCUT2D eigenvalue weighted by molar-refractivity contribution is 6.34. The van der Waals surface area contributed by atoms with E-state index in [1.165, 1.54) is 24.3 Å². The number of nitro benzene ring substituents is 1. The van der Waals surface area contributed by atoms with Crippen molar-refractivity contribution < 1.29 is 24.0 Å². The maximum Gasteiger partial charge on any atom is 0.367 e. The molecule has 3 rings (SSSR count). The average molecular weight is 376 g/mol. The number of hydrogen-bond acceptors (Lipinski definition) is 6. The average Bonchev–Trinajstić information content (AvgIpc) is 2.96. The third-order valence-electron chi connectivity index (χ3n) is 4.04. The minimum Gasteiger partial charge on any atom is -0.457 e. The number of rotatable bonds is 5. The number of esters is 2. The highest BCUT2D eigenvalue weighted by atomic mass is 35.5. The molecule has 0 amide bonds. The van der Waals surface area contributed by atoms with Crippen molar-refractivity contribution in [1.82, 2.24) is 0 Å². The Kier molecular flexibility index (Phi) is 4.90. The van der Waals surface area contributed by atoms with Crippen molar-refractivity contribution >= 4 is 29.2 Å². The molecule has 0 radical (unpaired) electrons. The van der Waals surface area contributed by atoms with Gasteiger partial charge in [0, 0.05) is 18.6 Å². The van der Waals surface area contributed by atoms with Crippen molar-refractivity contribution in [3.63, 3.8) is 0 Å². The van der Waals surface area contributed by atoms with Gasteiger partial charge in [0.25, 0.3) is 10.7 Å². The Labute approximate surface area is 153 Å². The van der Waals surface area contributed by atoms with E-state index in [9.17, 15) is 19.7 Å². The SMILES string of the molecule is O=C1OC(Cl)(C(=O)OCc2ccc([N+](=O)[O-])cc2)CC1c1ccccc1.